The first-order valence-corrected chi connectivity index (χ1v) is 8.61. The molecule has 0 saturated heterocycles. The van der Waals surface area contributed by atoms with Gasteiger partial charge in [0.1, 0.15) is 11.3 Å². The highest BCUT2D eigenvalue weighted by Gasteiger charge is 2.31. The average molecular weight is 428 g/mol. The fraction of sp³-hybridized carbons (Fsp3) is 0.316. The van der Waals surface area contributed by atoms with E-state index in [-0.39, 0.29) is 24.4 Å². The molecule has 0 aliphatic rings. The van der Waals surface area contributed by atoms with Gasteiger partial charge in [0.2, 0.25) is 5.91 Å². The molecule has 0 heterocycles. The Morgan fingerprint density at radius 1 is 1.28 bits per heavy atom. The molecule has 2 aromatic rings. The van der Waals surface area contributed by atoms with E-state index in [2.05, 4.69) is 21.2 Å². The van der Waals surface area contributed by atoms with Gasteiger partial charge >= 0.3 is 0 Å². The second-order valence-corrected chi connectivity index (χ2v) is 7.06. The van der Waals surface area contributed by atoms with Crippen LogP contribution in [0.1, 0.15) is 25.0 Å². The zero-order valence-corrected chi connectivity index (χ0v) is 17.0. The van der Waals surface area contributed by atoms with E-state index in [1.165, 1.54) is 0 Å². The quantitative estimate of drug-likeness (QED) is 0.737. The van der Waals surface area contributed by atoms with Crippen molar-refractivity contribution < 1.29 is 9.53 Å². The number of nitrogens with one attached hydrogen (secondary N) is 1. The van der Waals surface area contributed by atoms with Gasteiger partial charge in [0.15, 0.2) is 0 Å². The van der Waals surface area contributed by atoms with Crippen molar-refractivity contribution in [3.8, 4) is 5.75 Å². The van der Waals surface area contributed by atoms with Crippen molar-refractivity contribution in [2.75, 3.05) is 7.11 Å². The topological polar surface area (TPSA) is 64.3 Å². The second-order valence-electron chi connectivity index (χ2n) is 6.14. The van der Waals surface area contributed by atoms with Gasteiger partial charge in [-0.3, -0.25) is 4.79 Å². The van der Waals surface area contributed by atoms with E-state index in [1.54, 1.807) is 14.0 Å². The third kappa shape index (κ3) is 5.73. The summed E-state index contributed by atoms with van der Waals surface area (Å²) in [5, 5.41) is 3.00. The number of ether oxygens (including phenoxy) is 1. The maximum atomic E-state index is 12.6. The summed E-state index contributed by atoms with van der Waals surface area (Å²) in [6.07, 6.45) is 0.708. The van der Waals surface area contributed by atoms with E-state index in [9.17, 15) is 4.79 Å². The number of hydrogen-bond acceptors (Lipinski definition) is 3. The Kier molecular flexibility index (Phi) is 7.93. The third-order valence-electron chi connectivity index (χ3n) is 3.97. The van der Waals surface area contributed by atoms with Crippen LogP contribution >= 0.6 is 28.3 Å². The number of hydrogen-bond donors (Lipinski definition) is 2. The lowest BCUT2D eigenvalue weighted by Crippen LogP contribution is -2.51. The predicted octanol–water partition coefficient (Wildman–Crippen LogP) is 3.80. The molecule has 1 amide bonds. The summed E-state index contributed by atoms with van der Waals surface area (Å²) in [5.74, 6) is 0.616. The second kappa shape index (κ2) is 9.22. The Hall–Kier alpha value is -1.56. The smallest absolute Gasteiger partial charge is 0.244 e. The minimum absolute atomic E-state index is 0. The Labute approximate surface area is 163 Å². The van der Waals surface area contributed by atoms with Gasteiger partial charge in [-0.15, -0.1) is 12.4 Å². The van der Waals surface area contributed by atoms with Crippen LogP contribution in [0, 0.1) is 0 Å². The van der Waals surface area contributed by atoms with Gasteiger partial charge in [-0.25, -0.2) is 0 Å². The zero-order chi connectivity index (χ0) is 17.7. The Morgan fingerprint density at radius 3 is 2.52 bits per heavy atom. The maximum absolute atomic E-state index is 12.6. The predicted molar refractivity (Wildman–Crippen MR) is 107 cm³/mol. The van der Waals surface area contributed by atoms with E-state index in [0.717, 1.165) is 21.3 Å². The van der Waals surface area contributed by atoms with Crippen LogP contribution in [-0.2, 0) is 16.8 Å². The molecule has 3 N–H and O–H groups in total. The van der Waals surface area contributed by atoms with E-state index in [1.807, 2.05) is 55.5 Å². The van der Waals surface area contributed by atoms with Gasteiger partial charge in [0.25, 0.3) is 0 Å². The van der Waals surface area contributed by atoms with Crippen LogP contribution < -0.4 is 15.8 Å². The van der Waals surface area contributed by atoms with Crippen molar-refractivity contribution in [2.24, 2.45) is 5.73 Å². The lowest BCUT2D eigenvalue weighted by atomic mass is 9.91. The standard InChI is InChI=1S/C19H23BrN2O2.ClH/c1-13(11-14-5-4-6-17(12-14)24-3)22-18(23)19(2,21)15-7-9-16(20)10-8-15;/h4-10,12-13H,11,21H2,1-3H3,(H,22,23);1H. The molecule has 136 valence electrons. The summed E-state index contributed by atoms with van der Waals surface area (Å²) in [6.45, 7) is 3.69. The molecule has 0 aliphatic carbocycles. The highest BCUT2D eigenvalue weighted by atomic mass is 79.9. The minimum atomic E-state index is -1.08. The van der Waals surface area contributed by atoms with Crippen LogP contribution in [0.4, 0.5) is 0 Å². The van der Waals surface area contributed by atoms with E-state index >= 15 is 0 Å². The normalized spacial score (nSPS) is 14.0. The lowest BCUT2D eigenvalue weighted by molar-refractivity contribution is -0.126. The molecule has 2 atom stereocenters. The Bertz CT molecular complexity index is 705. The molecule has 0 fully saturated rings. The van der Waals surface area contributed by atoms with Crippen LogP contribution in [0.15, 0.2) is 53.0 Å². The van der Waals surface area contributed by atoms with Crippen molar-refractivity contribution in [1.82, 2.24) is 5.32 Å². The van der Waals surface area contributed by atoms with Crippen molar-refractivity contribution in [3.63, 3.8) is 0 Å². The number of rotatable bonds is 6. The van der Waals surface area contributed by atoms with Crippen LogP contribution in [0.25, 0.3) is 0 Å². The molecule has 0 bridgehead atoms. The van der Waals surface area contributed by atoms with Gasteiger partial charge < -0.3 is 15.8 Å². The molecule has 0 spiro atoms. The molecule has 2 aromatic carbocycles. The number of benzene rings is 2. The molecule has 0 aliphatic heterocycles. The van der Waals surface area contributed by atoms with Gasteiger partial charge in [-0.2, -0.15) is 0 Å². The SMILES string of the molecule is COc1cccc(CC(C)NC(=O)C(C)(N)c2ccc(Br)cc2)c1.Cl. The molecule has 2 unspecified atom stereocenters. The minimum Gasteiger partial charge on any atom is -0.497 e. The van der Waals surface area contributed by atoms with Crippen molar-refractivity contribution in [1.29, 1.82) is 0 Å². The molecule has 0 radical (unpaired) electrons. The van der Waals surface area contributed by atoms with Crippen molar-refractivity contribution in [2.45, 2.75) is 31.8 Å². The van der Waals surface area contributed by atoms with Crippen molar-refractivity contribution in [3.05, 3.63) is 64.1 Å². The van der Waals surface area contributed by atoms with Gasteiger partial charge in [0, 0.05) is 10.5 Å². The van der Waals surface area contributed by atoms with Crippen molar-refractivity contribution >= 4 is 34.2 Å². The largest absolute Gasteiger partial charge is 0.497 e. The number of nitrogens with two attached hydrogens (primary N) is 1. The number of carbonyl (C=O) groups excluding carboxylic acids is 1. The molecule has 25 heavy (non-hydrogen) atoms. The third-order valence-corrected chi connectivity index (χ3v) is 4.50. The van der Waals surface area contributed by atoms with Gasteiger partial charge in [-0.1, -0.05) is 40.2 Å². The molecule has 6 heteroatoms. The van der Waals surface area contributed by atoms with E-state index in [4.69, 9.17) is 10.5 Å². The maximum Gasteiger partial charge on any atom is 0.244 e. The van der Waals surface area contributed by atoms with Crippen LogP contribution in [0.5, 0.6) is 5.75 Å². The zero-order valence-electron chi connectivity index (χ0n) is 14.6. The molecule has 2 rings (SSSR count). The molecule has 0 saturated carbocycles. The number of amides is 1. The first-order chi connectivity index (χ1) is 11.3. The summed E-state index contributed by atoms with van der Waals surface area (Å²) in [4.78, 5) is 12.6. The van der Waals surface area contributed by atoms with E-state index < -0.39 is 5.54 Å². The summed E-state index contributed by atoms with van der Waals surface area (Å²) in [7, 11) is 1.64. The highest BCUT2D eigenvalue weighted by Crippen LogP contribution is 2.21. The van der Waals surface area contributed by atoms with Crippen LogP contribution in [0.2, 0.25) is 0 Å². The molecular weight excluding hydrogens is 404 g/mol. The lowest BCUT2D eigenvalue weighted by Gasteiger charge is -2.26. The van der Waals surface area contributed by atoms with Gasteiger partial charge in [0.05, 0.1) is 7.11 Å². The average Bonchev–Trinajstić information content (AvgIpc) is 2.55. The summed E-state index contributed by atoms with van der Waals surface area (Å²) in [5.41, 5.74) is 7.07. The molecule has 4 nitrogen and oxygen atoms in total. The summed E-state index contributed by atoms with van der Waals surface area (Å²) < 4.78 is 6.18. The number of carbonyl (C=O) groups is 1. The number of methoxy groups -OCH3 is 1. The molecular formula is C19H24BrClN2O2. The monoisotopic (exact) mass is 426 g/mol. The summed E-state index contributed by atoms with van der Waals surface area (Å²) >= 11 is 3.39. The highest BCUT2D eigenvalue weighted by molar-refractivity contribution is 9.10. The first-order valence-electron chi connectivity index (χ1n) is 7.81. The fourth-order valence-electron chi connectivity index (χ4n) is 2.50. The van der Waals surface area contributed by atoms with E-state index in [0.29, 0.717) is 6.42 Å². The first kappa shape index (κ1) is 21.5. The Morgan fingerprint density at radius 2 is 1.92 bits per heavy atom. The fourth-order valence-corrected chi connectivity index (χ4v) is 2.77. The van der Waals surface area contributed by atoms with Gasteiger partial charge in [-0.05, 0) is 55.7 Å². The number of halogens is 2. The molecule has 0 aromatic heterocycles. The Balaban J connectivity index is 0.00000312. The van der Waals surface area contributed by atoms with Crippen LogP contribution in [-0.4, -0.2) is 19.1 Å². The van der Waals surface area contributed by atoms with Crippen LogP contribution in [0.3, 0.4) is 0 Å². The summed E-state index contributed by atoms with van der Waals surface area (Å²) in [6, 6.07) is 15.3.